The molecule has 31 heavy (non-hydrogen) atoms. The highest BCUT2D eigenvalue weighted by Crippen LogP contribution is 2.47. The van der Waals surface area contributed by atoms with Crippen LogP contribution in [0.15, 0.2) is 46.8 Å². The molecule has 1 aliphatic carbocycles. The van der Waals surface area contributed by atoms with Crippen LogP contribution >= 0.6 is 0 Å². The second-order valence-corrected chi connectivity index (χ2v) is 7.73. The predicted molar refractivity (Wildman–Crippen MR) is 114 cm³/mol. The Bertz CT molecular complexity index is 961. The molecule has 0 fully saturated rings. The molecular weight excluding hydrogens is 398 g/mol. The Balaban J connectivity index is 2.23. The van der Waals surface area contributed by atoms with E-state index in [4.69, 9.17) is 14.2 Å². The van der Waals surface area contributed by atoms with Crippen molar-refractivity contribution < 1.29 is 28.6 Å². The van der Waals surface area contributed by atoms with Gasteiger partial charge in [0.1, 0.15) is 11.7 Å². The van der Waals surface area contributed by atoms with Gasteiger partial charge in [-0.2, -0.15) is 0 Å². The number of ether oxygens (including phenoxy) is 3. The lowest BCUT2D eigenvalue weighted by atomic mass is 9.69. The van der Waals surface area contributed by atoms with Gasteiger partial charge in [-0.3, -0.25) is 9.59 Å². The maximum absolute atomic E-state index is 13.6. The first-order valence-corrected chi connectivity index (χ1v) is 10.6. The van der Waals surface area contributed by atoms with Crippen LogP contribution in [0.5, 0.6) is 5.75 Å². The van der Waals surface area contributed by atoms with Gasteiger partial charge in [-0.1, -0.05) is 25.1 Å². The molecule has 1 aliphatic heterocycles. The van der Waals surface area contributed by atoms with Gasteiger partial charge in [0.2, 0.25) is 0 Å². The minimum atomic E-state index is -0.922. The Hall–Kier alpha value is -3.09. The number of benzene rings is 1. The number of Topliss-reactive ketones (excluding diaryl/α,β-unsaturated/α-hetero) is 1. The molecule has 0 amide bonds. The first-order chi connectivity index (χ1) is 14.8. The van der Waals surface area contributed by atoms with E-state index in [-0.39, 0.29) is 18.3 Å². The van der Waals surface area contributed by atoms with E-state index in [2.05, 4.69) is 5.32 Å². The highest BCUT2D eigenvalue weighted by molar-refractivity contribution is 6.12. The standard InChI is InChI=1S/C24H29NO6/c1-6-30-17-11-9-8-10-15(17)20-19(24(28)31-7-2)14(4)25-16-12-13(3)18(23(27)29-5)22(26)21(16)20/h8-11,13,18,20,25H,6-7,12H2,1-5H3/t13-,18-,20-/m1/s1. The van der Waals surface area contributed by atoms with Crippen LogP contribution in [-0.4, -0.2) is 38.0 Å². The summed E-state index contributed by atoms with van der Waals surface area (Å²) in [4.78, 5) is 39.1. The first kappa shape index (κ1) is 22.6. The van der Waals surface area contributed by atoms with Crippen molar-refractivity contribution in [1.82, 2.24) is 5.32 Å². The zero-order valence-corrected chi connectivity index (χ0v) is 18.6. The van der Waals surface area contributed by atoms with Crippen molar-refractivity contribution in [3.8, 4) is 5.75 Å². The minimum absolute atomic E-state index is 0.205. The molecule has 7 nitrogen and oxygen atoms in total. The molecule has 1 aromatic rings. The van der Waals surface area contributed by atoms with Crippen LogP contribution in [0, 0.1) is 11.8 Å². The fraction of sp³-hybridized carbons (Fsp3) is 0.458. The number of hydrogen-bond donors (Lipinski definition) is 1. The molecule has 0 spiro atoms. The third kappa shape index (κ3) is 4.09. The lowest BCUT2D eigenvalue weighted by Gasteiger charge is -2.38. The number of hydrogen-bond acceptors (Lipinski definition) is 7. The normalized spacial score (nSPS) is 23.1. The number of carbonyl (C=O) groups excluding carboxylic acids is 3. The van der Waals surface area contributed by atoms with Crippen LogP contribution < -0.4 is 10.1 Å². The molecule has 1 heterocycles. The van der Waals surface area contributed by atoms with Crippen LogP contribution in [0.1, 0.15) is 45.6 Å². The van der Waals surface area contributed by atoms with Crippen molar-refractivity contribution in [3.63, 3.8) is 0 Å². The van der Waals surface area contributed by atoms with Crippen molar-refractivity contribution in [2.45, 2.75) is 40.0 Å². The van der Waals surface area contributed by atoms with Crippen LogP contribution in [-0.2, 0) is 23.9 Å². The highest BCUT2D eigenvalue weighted by Gasteiger charge is 2.47. The second-order valence-electron chi connectivity index (χ2n) is 7.73. The number of ketones is 1. The third-order valence-electron chi connectivity index (χ3n) is 5.77. The van der Waals surface area contributed by atoms with Gasteiger partial charge in [-0.25, -0.2) is 4.79 Å². The average Bonchev–Trinajstić information content (AvgIpc) is 2.73. The molecule has 0 saturated heterocycles. The van der Waals surface area contributed by atoms with Crippen molar-refractivity contribution in [1.29, 1.82) is 0 Å². The summed E-state index contributed by atoms with van der Waals surface area (Å²) in [5, 5.41) is 3.24. The first-order valence-electron chi connectivity index (χ1n) is 10.6. The number of nitrogens with one attached hydrogen (secondary N) is 1. The van der Waals surface area contributed by atoms with Gasteiger partial charge in [0.15, 0.2) is 5.78 Å². The molecule has 0 radical (unpaired) electrons. The Morgan fingerprint density at radius 3 is 2.52 bits per heavy atom. The molecule has 2 aliphatic rings. The summed E-state index contributed by atoms with van der Waals surface area (Å²) in [7, 11) is 1.28. The molecule has 0 bridgehead atoms. The van der Waals surface area contributed by atoms with Gasteiger partial charge in [0.05, 0.1) is 31.8 Å². The second kappa shape index (κ2) is 9.37. The molecule has 166 valence electrons. The molecule has 0 aromatic heterocycles. The summed E-state index contributed by atoms with van der Waals surface area (Å²) in [6.07, 6.45) is 0.488. The van der Waals surface area contributed by atoms with E-state index >= 15 is 0 Å². The van der Waals surface area contributed by atoms with Crippen molar-refractivity contribution in [3.05, 3.63) is 52.4 Å². The third-order valence-corrected chi connectivity index (χ3v) is 5.77. The van der Waals surface area contributed by atoms with E-state index in [1.807, 2.05) is 38.1 Å². The Morgan fingerprint density at radius 2 is 1.87 bits per heavy atom. The number of carbonyl (C=O) groups is 3. The molecule has 1 aromatic carbocycles. The van der Waals surface area contributed by atoms with Gasteiger partial charge in [-0.05, 0) is 39.2 Å². The van der Waals surface area contributed by atoms with E-state index in [1.165, 1.54) is 7.11 Å². The smallest absolute Gasteiger partial charge is 0.336 e. The summed E-state index contributed by atoms with van der Waals surface area (Å²) in [5.74, 6) is -2.68. The monoisotopic (exact) mass is 427 g/mol. The van der Waals surface area contributed by atoms with Crippen molar-refractivity contribution in [2.24, 2.45) is 11.8 Å². The molecule has 3 rings (SSSR count). The van der Waals surface area contributed by atoms with Crippen molar-refractivity contribution in [2.75, 3.05) is 20.3 Å². The zero-order valence-electron chi connectivity index (χ0n) is 18.6. The number of rotatable bonds is 6. The fourth-order valence-corrected chi connectivity index (χ4v) is 4.48. The molecule has 1 N–H and O–H groups in total. The van der Waals surface area contributed by atoms with Gasteiger partial charge < -0.3 is 19.5 Å². The van der Waals surface area contributed by atoms with E-state index in [9.17, 15) is 14.4 Å². The maximum Gasteiger partial charge on any atom is 0.336 e. The number of dihydropyridines is 1. The molecule has 0 saturated carbocycles. The van der Waals surface area contributed by atoms with Gasteiger partial charge in [0, 0.05) is 22.5 Å². The van der Waals surface area contributed by atoms with Gasteiger partial charge >= 0.3 is 11.9 Å². The quantitative estimate of drug-likeness (QED) is 0.550. The zero-order chi connectivity index (χ0) is 22.7. The summed E-state index contributed by atoms with van der Waals surface area (Å²) in [5.41, 5.74) is 2.78. The summed E-state index contributed by atoms with van der Waals surface area (Å²) in [6.45, 7) is 7.90. The van der Waals surface area contributed by atoms with Crippen molar-refractivity contribution >= 4 is 17.7 Å². The van der Waals surface area contributed by atoms with Crippen LogP contribution in [0.25, 0.3) is 0 Å². The van der Waals surface area contributed by atoms with E-state index in [0.29, 0.717) is 41.2 Å². The number of esters is 2. The minimum Gasteiger partial charge on any atom is -0.494 e. The molecule has 0 unspecified atom stereocenters. The maximum atomic E-state index is 13.6. The average molecular weight is 427 g/mol. The van der Waals surface area contributed by atoms with Crippen LogP contribution in [0.4, 0.5) is 0 Å². The van der Waals surface area contributed by atoms with E-state index in [1.54, 1.807) is 13.8 Å². The Labute approximate surface area is 182 Å². The number of allylic oxidation sites excluding steroid dienone is 3. The number of para-hydroxylation sites is 1. The van der Waals surface area contributed by atoms with Crippen LogP contribution in [0.2, 0.25) is 0 Å². The topological polar surface area (TPSA) is 90.9 Å². The largest absolute Gasteiger partial charge is 0.494 e. The van der Waals surface area contributed by atoms with E-state index in [0.717, 1.165) is 5.70 Å². The summed E-state index contributed by atoms with van der Waals surface area (Å²) in [6, 6.07) is 7.34. The molecule has 7 heteroatoms. The lowest BCUT2D eigenvalue weighted by Crippen LogP contribution is -2.43. The van der Waals surface area contributed by atoms with Gasteiger partial charge in [-0.15, -0.1) is 0 Å². The SMILES string of the molecule is CCOC(=O)C1=C(C)NC2=C(C(=O)[C@H](C(=O)OC)[C@H](C)C2)[C@@H]1c1ccccc1OCC. The van der Waals surface area contributed by atoms with Gasteiger partial charge in [0.25, 0.3) is 0 Å². The summed E-state index contributed by atoms with van der Waals surface area (Å²) >= 11 is 0. The lowest BCUT2D eigenvalue weighted by molar-refractivity contribution is -0.151. The number of methoxy groups -OCH3 is 1. The Kier molecular flexibility index (Phi) is 6.83. The molecule has 3 atom stereocenters. The Morgan fingerprint density at radius 1 is 1.16 bits per heavy atom. The highest BCUT2D eigenvalue weighted by atomic mass is 16.5. The summed E-state index contributed by atoms with van der Waals surface area (Å²) < 4.78 is 16.1. The fourth-order valence-electron chi connectivity index (χ4n) is 4.48. The van der Waals surface area contributed by atoms with Crippen LogP contribution in [0.3, 0.4) is 0 Å². The predicted octanol–water partition coefficient (Wildman–Crippen LogP) is 3.26. The van der Waals surface area contributed by atoms with E-state index < -0.39 is 23.8 Å². The molecular formula is C24H29NO6.